The molecule has 0 radical (unpaired) electrons. The van der Waals surface area contributed by atoms with Crippen LogP contribution in [-0.4, -0.2) is 19.1 Å². The lowest BCUT2D eigenvalue weighted by Gasteiger charge is -2.21. The van der Waals surface area contributed by atoms with Crippen molar-refractivity contribution in [2.75, 3.05) is 18.0 Å². The maximum atomic E-state index is 14.3. The molecule has 0 spiro atoms. The second-order valence-electron chi connectivity index (χ2n) is 6.68. The van der Waals surface area contributed by atoms with E-state index in [1.807, 2.05) is 6.07 Å². The van der Waals surface area contributed by atoms with E-state index in [-0.39, 0.29) is 5.82 Å². The van der Waals surface area contributed by atoms with E-state index >= 15 is 0 Å². The molecule has 1 N–H and O–H groups in total. The van der Waals surface area contributed by atoms with E-state index in [1.54, 1.807) is 6.07 Å². The van der Waals surface area contributed by atoms with E-state index < -0.39 is 0 Å². The first kappa shape index (κ1) is 13.9. The number of benzene rings is 1. The second kappa shape index (κ2) is 5.72. The Morgan fingerprint density at radius 3 is 2.70 bits per heavy atom. The largest absolute Gasteiger partial charge is 0.369 e. The molecule has 2 fully saturated rings. The lowest BCUT2D eigenvalue weighted by Crippen LogP contribution is -2.22. The zero-order valence-corrected chi connectivity index (χ0v) is 12.5. The average Bonchev–Trinajstić information content (AvgIpc) is 3.11. The smallest absolute Gasteiger partial charge is 0.146 e. The van der Waals surface area contributed by atoms with Gasteiger partial charge in [0.2, 0.25) is 0 Å². The third-order valence-electron chi connectivity index (χ3n) is 4.69. The molecule has 1 atom stereocenters. The minimum Gasteiger partial charge on any atom is -0.369 e. The Morgan fingerprint density at radius 2 is 2.10 bits per heavy atom. The molecule has 1 aliphatic heterocycles. The van der Waals surface area contributed by atoms with Crippen LogP contribution in [0.1, 0.15) is 38.7 Å². The molecule has 1 heterocycles. The summed E-state index contributed by atoms with van der Waals surface area (Å²) in [4.78, 5) is 2.21. The highest BCUT2D eigenvalue weighted by Crippen LogP contribution is 2.30. The Labute approximate surface area is 121 Å². The molecule has 2 aliphatic rings. The molecule has 0 bridgehead atoms. The normalized spacial score (nSPS) is 22.8. The fourth-order valence-electron chi connectivity index (χ4n) is 3.02. The van der Waals surface area contributed by atoms with Gasteiger partial charge in [-0.3, -0.25) is 0 Å². The Kier molecular flexibility index (Phi) is 3.97. The Morgan fingerprint density at radius 1 is 1.30 bits per heavy atom. The number of hydrogen-bond acceptors (Lipinski definition) is 2. The molecule has 1 aliphatic carbocycles. The molecular weight excluding hydrogens is 251 g/mol. The van der Waals surface area contributed by atoms with Crippen LogP contribution in [0.15, 0.2) is 18.2 Å². The van der Waals surface area contributed by atoms with Gasteiger partial charge in [-0.05, 0) is 48.8 Å². The van der Waals surface area contributed by atoms with Gasteiger partial charge < -0.3 is 10.2 Å². The molecule has 3 rings (SSSR count). The molecule has 1 saturated carbocycles. The number of hydrogen-bond donors (Lipinski definition) is 1. The summed E-state index contributed by atoms with van der Waals surface area (Å²) in [6.07, 6.45) is 3.72. The zero-order chi connectivity index (χ0) is 14.1. The van der Waals surface area contributed by atoms with Gasteiger partial charge >= 0.3 is 0 Å². The van der Waals surface area contributed by atoms with Gasteiger partial charge in [0, 0.05) is 25.7 Å². The summed E-state index contributed by atoms with van der Waals surface area (Å²) in [6, 6.07) is 6.40. The van der Waals surface area contributed by atoms with Gasteiger partial charge in [-0.25, -0.2) is 4.39 Å². The molecule has 110 valence electrons. The van der Waals surface area contributed by atoms with Gasteiger partial charge in [0.1, 0.15) is 5.82 Å². The van der Waals surface area contributed by atoms with Crippen molar-refractivity contribution in [3.05, 3.63) is 29.6 Å². The van der Waals surface area contributed by atoms with Crippen LogP contribution in [0.4, 0.5) is 10.1 Å². The molecule has 1 saturated heterocycles. The fourth-order valence-corrected chi connectivity index (χ4v) is 3.02. The summed E-state index contributed by atoms with van der Waals surface area (Å²) >= 11 is 0. The minimum absolute atomic E-state index is 0.0653. The highest BCUT2D eigenvalue weighted by atomic mass is 19.1. The van der Waals surface area contributed by atoms with Gasteiger partial charge in [0.05, 0.1) is 5.69 Å². The molecule has 1 aromatic rings. The number of anilines is 1. The van der Waals surface area contributed by atoms with Crippen LogP contribution >= 0.6 is 0 Å². The molecule has 1 unspecified atom stereocenters. The van der Waals surface area contributed by atoms with Gasteiger partial charge in [-0.1, -0.05) is 19.9 Å². The minimum atomic E-state index is -0.0653. The first-order valence-corrected chi connectivity index (χ1v) is 7.90. The van der Waals surface area contributed by atoms with Crippen LogP contribution in [0, 0.1) is 17.7 Å². The summed E-state index contributed by atoms with van der Waals surface area (Å²) in [5.41, 5.74) is 1.83. The Hall–Kier alpha value is -1.09. The van der Waals surface area contributed by atoms with Crippen molar-refractivity contribution in [2.45, 2.75) is 45.7 Å². The number of nitrogens with zero attached hydrogens (tertiary/aromatic N) is 1. The molecule has 3 heteroatoms. The van der Waals surface area contributed by atoms with Crippen molar-refractivity contribution in [2.24, 2.45) is 11.8 Å². The molecule has 2 nitrogen and oxygen atoms in total. The fraction of sp³-hybridized carbons (Fsp3) is 0.647. The highest BCUT2D eigenvalue weighted by molar-refractivity contribution is 5.50. The van der Waals surface area contributed by atoms with Crippen LogP contribution in [-0.2, 0) is 6.54 Å². The van der Waals surface area contributed by atoms with Crippen LogP contribution in [0.2, 0.25) is 0 Å². The second-order valence-corrected chi connectivity index (χ2v) is 6.68. The third-order valence-corrected chi connectivity index (χ3v) is 4.69. The van der Waals surface area contributed by atoms with Crippen LogP contribution in [0.3, 0.4) is 0 Å². The van der Waals surface area contributed by atoms with Gasteiger partial charge in [0.15, 0.2) is 0 Å². The van der Waals surface area contributed by atoms with Crippen LogP contribution in [0.5, 0.6) is 0 Å². The molecular formula is C17H25FN2. The zero-order valence-electron chi connectivity index (χ0n) is 12.5. The predicted molar refractivity (Wildman–Crippen MR) is 81.4 cm³/mol. The van der Waals surface area contributed by atoms with Gasteiger partial charge in [-0.15, -0.1) is 0 Å². The number of rotatable bonds is 5. The molecule has 0 aromatic heterocycles. The summed E-state index contributed by atoms with van der Waals surface area (Å²) < 4.78 is 14.3. The first-order valence-electron chi connectivity index (χ1n) is 7.90. The monoisotopic (exact) mass is 276 g/mol. The summed E-state index contributed by atoms with van der Waals surface area (Å²) in [5, 5.41) is 3.43. The molecule has 20 heavy (non-hydrogen) atoms. The maximum Gasteiger partial charge on any atom is 0.146 e. The Balaban J connectivity index is 1.64. The van der Waals surface area contributed by atoms with Gasteiger partial charge in [-0.2, -0.15) is 0 Å². The number of nitrogens with one attached hydrogen (secondary N) is 1. The van der Waals surface area contributed by atoms with E-state index in [1.165, 1.54) is 19.3 Å². The highest BCUT2D eigenvalue weighted by Gasteiger charge is 2.26. The van der Waals surface area contributed by atoms with E-state index in [4.69, 9.17) is 0 Å². The summed E-state index contributed by atoms with van der Waals surface area (Å²) in [7, 11) is 0. The lowest BCUT2D eigenvalue weighted by atomic mass is 9.95. The van der Waals surface area contributed by atoms with Crippen LogP contribution in [0.25, 0.3) is 0 Å². The van der Waals surface area contributed by atoms with E-state index in [9.17, 15) is 4.39 Å². The Bertz CT molecular complexity index is 468. The van der Waals surface area contributed by atoms with Crippen molar-refractivity contribution < 1.29 is 4.39 Å². The SMILES string of the molecule is CC(C)C1CCN(c2ccc(CNC3CC3)cc2F)C1. The lowest BCUT2D eigenvalue weighted by molar-refractivity contribution is 0.422. The quantitative estimate of drug-likeness (QED) is 0.884. The van der Waals surface area contributed by atoms with Crippen LogP contribution < -0.4 is 10.2 Å². The molecule has 1 aromatic carbocycles. The van der Waals surface area contributed by atoms with Crippen molar-refractivity contribution in [3.8, 4) is 0 Å². The average molecular weight is 276 g/mol. The van der Waals surface area contributed by atoms with Crippen molar-refractivity contribution in [1.82, 2.24) is 5.32 Å². The van der Waals surface area contributed by atoms with Crippen molar-refractivity contribution in [3.63, 3.8) is 0 Å². The topological polar surface area (TPSA) is 15.3 Å². The predicted octanol–water partition coefficient (Wildman–Crippen LogP) is 3.56. The summed E-state index contributed by atoms with van der Waals surface area (Å²) in [5.74, 6) is 1.32. The van der Waals surface area contributed by atoms with Crippen molar-refractivity contribution >= 4 is 5.69 Å². The van der Waals surface area contributed by atoms with Gasteiger partial charge in [0.25, 0.3) is 0 Å². The summed E-state index contributed by atoms with van der Waals surface area (Å²) in [6.45, 7) is 7.29. The standard InChI is InChI=1S/C17H25FN2/c1-12(2)14-7-8-20(11-14)17-6-3-13(9-16(17)18)10-19-15-4-5-15/h3,6,9,12,14-15,19H,4-5,7-8,10-11H2,1-2H3. The molecule has 0 amide bonds. The van der Waals surface area contributed by atoms with E-state index in [0.29, 0.717) is 17.9 Å². The first-order chi connectivity index (χ1) is 9.63. The maximum absolute atomic E-state index is 14.3. The third kappa shape index (κ3) is 3.14. The van der Waals surface area contributed by atoms with Crippen molar-refractivity contribution in [1.29, 1.82) is 0 Å². The van der Waals surface area contributed by atoms with E-state index in [2.05, 4.69) is 30.1 Å². The van der Waals surface area contributed by atoms with E-state index in [0.717, 1.165) is 30.9 Å². The number of halogens is 1.